The Balaban J connectivity index is 4.85. The van der Waals surface area contributed by atoms with Gasteiger partial charge in [-0.2, -0.15) is 0 Å². The van der Waals surface area contributed by atoms with Gasteiger partial charge in [-0.25, -0.2) is 9.36 Å². The average molecular weight is 288 g/mol. The third-order valence-corrected chi connectivity index (χ3v) is 1.75. The van der Waals surface area contributed by atoms with Crippen LogP contribution in [0.3, 0.4) is 0 Å². The zero-order chi connectivity index (χ0) is 14.6. The van der Waals surface area contributed by atoms with Crippen molar-refractivity contribution in [1.82, 2.24) is 0 Å². The van der Waals surface area contributed by atoms with E-state index in [1.165, 1.54) is 0 Å². The minimum atomic E-state index is -5.21. The highest BCUT2D eigenvalue weighted by Crippen LogP contribution is 2.36. The standard InChI is InChI=1S/C6H9O11P/c7-3(8)1-6(12,2-4(9)10)5(11)16-17-18(13,14)15/h12H,1-2H2,(H,7,8)(H,9,10)(H2,13,14,15). The van der Waals surface area contributed by atoms with Crippen molar-refractivity contribution in [2.75, 3.05) is 0 Å². The first-order valence-electron chi connectivity index (χ1n) is 4.08. The maximum Gasteiger partial charge on any atom is 0.505 e. The van der Waals surface area contributed by atoms with Crippen LogP contribution in [0.1, 0.15) is 12.8 Å². The van der Waals surface area contributed by atoms with Crippen LogP contribution in [0, 0.1) is 0 Å². The number of carboxylic acids is 2. The van der Waals surface area contributed by atoms with Gasteiger partial charge in [0.25, 0.3) is 0 Å². The molecule has 0 radical (unpaired) electrons. The zero-order valence-corrected chi connectivity index (χ0v) is 9.44. The molecule has 18 heavy (non-hydrogen) atoms. The van der Waals surface area contributed by atoms with Crippen molar-refractivity contribution in [3.05, 3.63) is 0 Å². The molecule has 0 bridgehead atoms. The van der Waals surface area contributed by atoms with Crippen LogP contribution in [0.25, 0.3) is 0 Å². The number of carboxylic acid groups (broad SMARTS) is 2. The van der Waals surface area contributed by atoms with Crippen LogP contribution in [0.2, 0.25) is 0 Å². The minimum Gasteiger partial charge on any atom is -0.481 e. The van der Waals surface area contributed by atoms with E-state index in [1.54, 1.807) is 0 Å². The van der Waals surface area contributed by atoms with Crippen LogP contribution in [-0.2, 0) is 28.5 Å². The topological polar surface area (TPSA) is 188 Å². The van der Waals surface area contributed by atoms with E-state index in [0.29, 0.717) is 0 Å². The largest absolute Gasteiger partial charge is 0.505 e. The summed E-state index contributed by atoms with van der Waals surface area (Å²) in [6, 6.07) is 0. The fourth-order valence-corrected chi connectivity index (χ4v) is 1.03. The summed E-state index contributed by atoms with van der Waals surface area (Å²) in [5.41, 5.74) is -3.01. The SMILES string of the molecule is O=C(O)CC(O)(CC(=O)O)C(=O)OOP(=O)(O)O. The Morgan fingerprint density at radius 3 is 1.72 bits per heavy atom. The molecule has 5 N–H and O–H groups in total. The van der Waals surface area contributed by atoms with Crippen molar-refractivity contribution in [3.63, 3.8) is 0 Å². The summed E-state index contributed by atoms with van der Waals surface area (Å²) in [6.07, 6.45) is -2.69. The fraction of sp³-hybridized carbons (Fsp3) is 0.500. The highest BCUT2D eigenvalue weighted by Gasteiger charge is 2.44. The lowest BCUT2D eigenvalue weighted by atomic mass is 9.96. The third-order valence-electron chi connectivity index (χ3n) is 1.48. The smallest absolute Gasteiger partial charge is 0.481 e. The quantitative estimate of drug-likeness (QED) is 0.202. The minimum absolute atomic E-state index is 1.34. The maximum absolute atomic E-state index is 11.1. The second-order valence-electron chi connectivity index (χ2n) is 3.11. The summed E-state index contributed by atoms with van der Waals surface area (Å²) in [7, 11) is -5.21. The Labute approximate surface area is 98.7 Å². The highest BCUT2D eigenvalue weighted by molar-refractivity contribution is 7.46. The number of aliphatic hydroxyl groups is 1. The van der Waals surface area contributed by atoms with E-state index in [-0.39, 0.29) is 0 Å². The lowest BCUT2D eigenvalue weighted by Crippen LogP contribution is -2.44. The molecule has 12 heteroatoms. The maximum atomic E-state index is 11.1. The number of aliphatic carboxylic acids is 2. The van der Waals surface area contributed by atoms with E-state index >= 15 is 0 Å². The van der Waals surface area contributed by atoms with Crippen molar-refractivity contribution in [1.29, 1.82) is 0 Å². The Morgan fingerprint density at radius 1 is 1.06 bits per heavy atom. The van der Waals surface area contributed by atoms with Crippen molar-refractivity contribution in [2.24, 2.45) is 0 Å². The molecule has 0 atom stereocenters. The van der Waals surface area contributed by atoms with Crippen LogP contribution in [-0.4, -0.2) is 48.6 Å². The molecule has 0 aromatic carbocycles. The molecular weight excluding hydrogens is 279 g/mol. The summed E-state index contributed by atoms with van der Waals surface area (Å²) in [5, 5.41) is 26.2. The van der Waals surface area contributed by atoms with Gasteiger partial charge in [-0.15, -0.1) is 0 Å². The first-order chi connectivity index (χ1) is 7.96. The molecule has 0 aliphatic rings. The molecule has 0 aromatic heterocycles. The Hall–Kier alpha value is -1.52. The van der Waals surface area contributed by atoms with E-state index in [9.17, 15) is 24.1 Å². The first kappa shape index (κ1) is 16.5. The van der Waals surface area contributed by atoms with Gasteiger partial charge in [-0.05, 0) is 0 Å². The van der Waals surface area contributed by atoms with Crippen LogP contribution in [0.15, 0.2) is 0 Å². The zero-order valence-electron chi connectivity index (χ0n) is 8.55. The van der Waals surface area contributed by atoms with Gasteiger partial charge in [0.05, 0.1) is 12.8 Å². The first-order valence-corrected chi connectivity index (χ1v) is 5.61. The molecule has 0 rings (SSSR count). The number of carbonyl (C=O) groups excluding carboxylic acids is 1. The van der Waals surface area contributed by atoms with E-state index in [0.717, 1.165) is 0 Å². The van der Waals surface area contributed by atoms with Crippen LogP contribution >= 0.6 is 7.82 Å². The molecule has 0 aliphatic heterocycles. The molecule has 0 amide bonds. The van der Waals surface area contributed by atoms with Gasteiger partial charge in [0.2, 0.25) is 0 Å². The van der Waals surface area contributed by atoms with Gasteiger partial charge < -0.3 is 25.1 Å². The van der Waals surface area contributed by atoms with Gasteiger partial charge >= 0.3 is 25.7 Å². The average Bonchev–Trinajstić information content (AvgIpc) is 2.09. The summed E-state index contributed by atoms with van der Waals surface area (Å²) < 4.78 is 13.5. The fourth-order valence-electron chi connectivity index (χ4n) is 0.867. The number of phosphoric acid groups is 1. The van der Waals surface area contributed by atoms with Gasteiger partial charge in [-0.3, -0.25) is 14.5 Å². The molecule has 11 nitrogen and oxygen atoms in total. The van der Waals surface area contributed by atoms with Crippen LogP contribution in [0.4, 0.5) is 0 Å². The molecule has 0 saturated heterocycles. The molecule has 104 valence electrons. The molecule has 0 heterocycles. The van der Waals surface area contributed by atoms with Crippen molar-refractivity contribution >= 4 is 25.7 Å². The van der Waals surface area contributed by atoms with Crippen molar-refractivity contribution in [2.45, 2.75) is 18.4 Å². The number of hydrogen-bond donors (Lipinski definition) is 5. The van der Waals surface area contributed by atoms with Gasteiger partial charge in [0.1, 0.15) is 0 Å². The number of rotatable bonds is 7. The van der Waals surface area contributed by atoms with Gasteiger partial charge in [0, 0.05) is 0 Å². The molecule has 0 spiro atoms. The molecule has 0 saturated carbocycles. The Bertz CT molecular complexity index is 378. The normalized spacial score (nSPS) is 11.9. The summed E-state index contributed by atoms with van der Waals surface area (Å²) in [4.78, 5) is 51.7. The summed E-state index contributed by atoms with van der Waals surface area (Å²) in [6.45, 7) is 0. The van der Waals surface area contributed by atoms with Gasteiger partial charge in [0.15, 0.2) is 5.60 Å². The molecule has 0 fully saturated rings. The van der Waals surface area contributed by atoms with Crippen LogP contribution in [0.5, 0.6) is 0 Å². The molecule has 0 unspecified atom stereocenters. The summed E-state index contributed by atoms with van der Waals surface area (Å²) >= 11 is 0. The third kappa shape index (κ3) is 6.27. The van der Waals surface area contributed by atoms with Gasteiger partial charge in [-0.1, -0.05) is 4.67 Å². The summed E-state index contributed by atoms with van der Waals surface area (Å²) in [5.74, 6) is -5.41. The predicted octanol–water partition coefficient (Wildman–Crippen LogP) is -1.77. The second kappa shape index (κ2) is 5.89. The number of hydrogen-bond acceptors (Lipinski definition) is 7. The lowest BCUT2D eigenvalue weighted by Gasteiger charge is -2.20. The molecular formula is C6H9O11P. The molecule has 0 aromatic rings. The Kier molecular flexibility index (Phi) is 5.39. The van der Waals surface area contributed by atoms with E-state index < -0.39 is 44.2 Å². The van der Waals surface area contributed by atoms with E-state index in [4.69, 9.17) is 20.0 Å². The predicted molar refractivity (Wildman–Crippen MR) is 48.7 cm³/mol. The van der Waals surface area contributed by atoms with Crippen LogP contribution < -0.4 is 0 Å². The molecule has 0 aliphatic carbocycles. The van der Waals surface area contributed by atoms with Crippen molar-refractivity contribution in [3.8, 4) is 0 Å². The highest BCUT2D eigenvalue weighted by atomic mass is 31.2. The van der Waals surface area contributed by atoms with Crippen molar-refractivity contribution < 1.29 is 53.6 Å². The number of carbonyl (C=O) groups is 3. The Morgan fingerprint density at radius 2 is 1.44 bits per heavy atom. The second-order valence-corrected chi connectivity index (χ2v) is 4.24. The monoisotopic (exact) mass is 288 g/mol. The van der Waals surface area contributed by atoms with E-state index in [1.807, 2.05) is 0 Å². The van der Waals surface area contributed by atoms with E-state index in [2.05, 4.69) is 9.56 Å². The lowest BCUT2D eigenvalue weighted by molar-refractivity contribution is -0.241.